The third kappa shape index (κ3) is 9.93. The molecule has 0 aliphatic carbocycles. The largest absolute Gasteiger partial charge is 0.497 e. The number of hydrogen-bond acceptors (Lipinski definition) is 13. The van der Waals surface area contributed by atoms with E-state index >= 15 is 0 Å². The number of carbonyl (C=O) groups is 6. The molecule has 1 N–H and O–H groups in total. The summed E-state index contributed by atoms with van der Waals surface area (Å²) in [6, 6.07) is 5.17. The minimum absolute atomic E-state index is 0.225. The highest BCUT2D eigenvalue weighted by Crippen LogP contribution is 2.22. The number of carbonyl (C=O) groups excluding carboxylic acids is 6. The van der Waals surface area contributed by atoms with E-state index < -0.39 is 96.4 Å². The number of ether oxygens (including phenoxy) is 3. The first-order valence-corrected chi connectivity index (χ1v) is 17.1. The Kier molecular flexibility index (Phi) is 12.8. The summed E-state index contributed by atoms with van der Waals surface area (Å²) in [5.74, 6) is -8.01. The monoisotopic (exact) mass is 756 g/mol. The Morgan fingerprint density at radius 3 is 2.13 bits per heavy atom. The van der Waals surface area contributed by atoms with Crippen LogP contribution in [-0.4, -0.2) is 142 Å². The molecule has 52 heavy (non-hydrogen) atoms. The second-order valence-electron chi connectivity index (χ2n) is 11.5. The lowest BCUT2D eigenvalue weighted by molar-refractivity contribution is -0.202. The number of pyridine rings is 1. The zero-order chi connectivity index (χ0) is 38.2. The topological polar surface area (TPSA) is 202 Å². The molecule has 21 heteroatoms. The molecule has 1 aromatic carbocycles. The Morgan fingerprint density at radius 1 is 0.923 bits per heavy atom. The number of anilines is 1. The molecule has 0 radical (unpaired) electrons. The molecule has 2 atom stereocenters. The number of halogens is 3. The summed E-state index contributed by atoms with van der Waals surface area (Å²) < 4.78 is 80.5. The fourth-order valence-electron chi connectivity index (χ4n) is 5.51. The van der Waals surface area contributed by atoms with E-state index in [1.165, 1.54) is 36.3 Å². The number of aromatic nitrogens is 1. The minimum atomic E-state index is -5.49. The molecule has 4 rings (SSSR count). The third-order valence-electron chi connectivity index (χ3n) is 8.22. The molecule has 17 nitrogen and oxygen atoms in total. The fraction of sp³-hybridized carbons (Fsp3) is 0.452. The van der Waals surface area contributed by atoms with Gasteiger partial charge in [-0.3, -0.25) is 24.2 Å². The van der Waals surface area contributed by atoms with Gasteiger partial charge in [-0.15, -0.1) is 0 Å². The SMILES string of the molecule is COC(=O)C[C@H]1C(=O)N(CC(=O)OC(=O)C(F)(F)F)CCN1C(=O)C(CC(=O)N1CCN(c2ccncc2)CC1)NS(=O)(=O)c1ccc(OC)cc1. The average Bonchev–Trinajstić information content (AvgIpc) is 3.12. The number of nitrogens with zero attached hydrogens (tertiary/aromatic N) is 5. The lowest BCUT2D eigenvalue weighted by Gasteiger charge is -2.41. The van der Waals surface area contributed by atoms with Gasteiger partial charge >= 0.3 is 24.1 Å². The predicted molar refractivity (Wildman–Crippen MR) is 171 cm³/mol. The number of esters is 3. The Morgan fingerprint density at radius 2 is 1.56 bits per heavy atom. The molecular weight excluding hydrogens is 721 g/mol. The summed E-state index contributed by atoms with van der Waals surface area (Å²) in [6.45, 7) is -0.823. The second-order valence-corrected chi connectivity index (χ2v) is 13.2. The minimum Gasteiger partial charge on any atom is -0.497 e. The quantitative estimate of drug-likeness (QED) is 0.219. The van der Waals surface area contributed by atoms with Crippen LogP contribution in [-0.2, 0) is 48.3 Å². The molecule has 2 fully saturated rings. The van der Waals surface area contributed by atoms with Crippen molar-refractivity contribution in [2.75, 3.05) is 64.9 Å². The van der Waals surface area contributed by atoms with Crippen molar-refractivity contribution in [3.63, 3.8) is 0 Å². The van der Waals surface area contributed by atoms with Gasteiger partial charge in [-0.05, 0) is 36.4 Å². The number of hydrogen-bond donors (Lipinski definition) is 1. The number of rotatable bonds is 12. The van der Waals surface area contributed by atoms with E-state index in [0.717, 1.165) is 17.7 Å². The van der Waals surface area contributed by atoms with Gasteiger partial charge in [-0.25, -0.2) is 18.0 Å². The number of benzene rings is 1. The van der Waals surface area contributed by atoms with Gasteiger partial charge in [-0.1, -0.05) is 0 Å². The molecule has 2 aliphatic heterocycles. The van der Waals surface area contributed by atoms with Crippen molar-refractivity contribution >= 4 is 51.3 Å². The molecule has 2 saturated heterocycles. The van der Waals surface area contributed by atoms with Gasteiger partial charge in [0.05, 0.1) is 32.0 Å². The number of piperazine rings is 2. The van der Waals surface area contributed by atoms with Crippen LogP contribution in [0, 0.1) is 0 Å². The zero-order valence-electron chi connectivity index (χ0n) is 27.9. The Bertz CT molecular complexity index is 1760. The molecule has 3 amide bonds. The average molecular weight is 757 g/mol. The number of alkyl halides is 3. The van der Waals surface area contributed by atoms with Gasteiger partial charge < -0.3 is 33.8 Å². The zero-order valence-corrected chi connectivity index (χ0v) is 28.7. The standard InChI is InChI=1S/C31H35F3N6O11S/c1-49-21-3-5-22(6-4-21)52(47,48)36-23(17-25(41)38-13-11-37(12-14-38)20-7-9-35-10-8-20)28(44)40-16-15-39(29(45)24(40)18-26(42)50-2)19-27(43)51-30(46)31(32,33)34/h3-10,23-24,36H,11-19H2,1-2H3/t23?,24-/m0/s1. The van der Waals surface area contributed by atoms with E-state index in [1.807, 2.05) is 4.90 Å². The van der Waals surface area contributed by atoms with E-state index in [-0.39, 0.29) is 18.0 Å². The van der Waals surface area contributed by atoms with Gasteiger partial charge in [0.25, 0.3) is 0 Å². The summed E-state index contributed by atoms with van der Waals surface area (Å²) in [4.78, 5) is 85.5. The van der Waals surface area contributed by atoms with Crippen molar-refractivity contribution in [3.05, 3.63) is 48.8 Å². The fourth-order valence-corrected chi connectivity index (χ4v) is 6.70. The van der Waals surface area contributed by atoms with Crippen molar-refractivity contribution in [2.45, 2.75) is 36.0 Å². The van der Waals surface area contributed by atoms with Crippen LogP contribution in [0.3, 0.4) is 0 Å². The van der Waals surface area contributed by atoms with Crippen LogP contribution in [0.15, 0.2) is 53.7 Å². The van der Waals surface area contributed by atoms with Crippen LogP contribution in [0.5, 0.6) is 5.75 Å². The summed E-state index contributed by atoms with van der Waals surface area (Å²) in [6.07, 6.45) is -3.75. The number of sulfonamides is 1. The second kappa shape index (κ2) is 16.8. The smallest absolute Gasteiger partial charge is 0.491 e. The summed E-state index contributed by atoms with van der Waals surface area (Å²) >= 11 is 0. The molecule has 1 aromatic heterocycles. The predicted octanol–water partition coefficient (Wildman–Crippen LogP) is -0.289. The van der Waals surface area contributed by atoms with Crippen molar-refractivity contribution in [1.82, 2.24) is 24.4 Å². The Balaban J connectivity index is 1.58. The number of nitrogens with one attached hydrogen (secondary N) is 1. The molecular formula is C31H35F3N6O11S. The maximum atomic E-state index is 14.2. The van der Waals surface area contributed by atoms with Gasteiger partial charge in [0.15, 0.2) is 0 Å². The van der Waals surface area contributed by atoms with Gasteiger partial charge in [-0.2, -0.15) is 17.9 Å². The molecule has 0 spiro atoms. The molecule has 1 unspecified atom stereocenters. The Labute approximate surface area is 295 Å². The van der Waals surface area contributed by atoms with Gasteiger partial charge in [0, 0.05) is 57.3 Å². The molecule has 282 valence electrons. The first kappa shape index (κ1) is 39.5. The van der Waals surface area contributed by atoms with Crippen LogP contribution in [0.2, 0.25) is 0 Å². The van der Waals surface area contributed by atoms with E-state index in [9.17, 15) is 50.4 Å². The van der Waals surface area contributed by atoms with Gasteiger partial charge in [0.2, 0.25) is 27.7 Å². The van der Waals surface area contributed by atoms with Gasteiger partial charge in [0.1, 0.15) is 24.4 Å². The van der Waals surface area contributed by atoms with Crippen molar-refractivity contribution in [3.8, 4) is 5.75 Å². The lowest BCUT2D eigenvalue weighted by atomic mass is 10.0. The lowest BCUT2D eigenvalue weighted by Crippen LogP contribution is -2.63. The maximum Gasteiger partial charge on any atom is 0.491 e. The van der Waals surface area contributed by atoms with Crippen molar-refractivity contribution in [2.24, 2.45) is 0 Å². The van der Waals surface area contributed by atoms with Crippen LogP contribution in [0.4, 0.5) is 18.9 Å². The maximum absolute atomic E-state index is 14.2. The van der Waals surface area contributed by atoms with E-state index in [2.05, 4.69) is 19.2 Å². The highest BCUT2D eigenvalue weighted by Gasteiger charge is 2.45. The third-order valence-corrected chi connectivity index (χ3v) is 9.70. The van der Waals surface area contributed by atoms with E-state index in [1.54, 1.807) is 24.5 Å². The summed E-state index contributed by atoms with van der Waals surface area (Å²) in [7, 11) is -2.15. The molecule has 2 aliphatic rings. The van der Waals surface area contributed by atoms with Crippen molar-refractivity contribution < 1.29 is 64.6 Å². The summed E-state index contributed by atoms with van der Waals surface area (Å²) in [5, 5.41) is 0. The normalized spacial score (nSPS) is 17.3. The van der Waals surface area contributed by atoms with E-state index in [0.29, 0.717) is 23.7 Å². The molecule has 0 saturated carbocycles. The van der Waals surface area contributed by atoms with Crippen LogP contribution in [0.1, 0.15) is 12.8 Å². The Hall–Kier alpha value is -5.31. The highest BCUT2D eigenvalue weighted by atomic mass is 32.2. The highest BCUT2D eigenvalue weighted by molar-refractivity contribution is 7.89. The van der Waals surface area contributed by atoms with Crippen molar-refractivity contribution in [1.29, 1.82) is 0 Å². The first-order valence-electron chi connectivity index (χ1n) is 15.6. The number of methoxy groups -OCH3 is 2. The number of amides is 3. The van der Waals surface area contributed by atoms with Crippen LogP contribution < -0.4 is 14.4 Å². The van der Waals surface area contributed by atoms with E-state index in [4.69, 9.17) is 4.74 Å². The van der Waals surface area contributed by atoms with Crippen LogP contribution in [0.25, 0.3) is 0 Å². The molecule has 0 bridgehead atoms. The summed E-state index contributed by atoms with van der Waals surface area (Å²) in [5.41, 5.74) is 0.878. The molecule has 2 aromatic rings. The first-order chi connectivity index (χ1) is 24.5. The molecule has 3 heterocycles. The van der Waals surface area contributed by atoms with Crippen LogP contribution >= 0.6 is 0 Å².